The van der Waals surface area contributed by atoms with Crippen LogP contribution in [-0.2, 0) is 9.47 Å². The Balaban J connectivity index is 1.38. The maximum atomic E-state index is 5.63. The topological polar surface area (TPSA) is 58.1 Å². The molecular formula is C17H34N4O2. The predicted molar refractivity (Wildman–Crippen MR) is 94.0 cm³/mol. The van der Waals surface area contributed by atoms with Gasteiger partial charge >= 0.3 is 0 Å². The number of rotatable bonds is 11. The van der Waals surface area contributed by atoms with Gasteiger partial charge in [0.1, 0.15) is 0 Å². The van der Waals surface area contributed by atoms with Gasteiger partial charge in [-0.1, -0.05) is 0 Å². The highest BCUT2D eigenvalue weighted by Crippen LogP contribution is 2.28. The van der Waals surface area contributed by atoms with E-state index in [0.29, 0.717) is 0 Å². The van der Waals surface area contributed by atoms with Crippen LogP contribution in [0.4, 0.5) is 0 Å². The van der Waals surface area contributed by atoms with Crippen molar-refractivity contribution in [3.05, 3.63) is 0 Å². The molecule has 1 saturated carbocycles. The summed E-state index contributed by atoms with van der Waals surface area (Å²) in [6, 6.07) is 0. The molecule has 1 saturated heterocycles. The van der Waals surface area contributed by atoms with Crippen LogP contribution in [-0.4, -0.2) is 77.1 Å². The van der Waals surface area contributed by atoms with Crippen molar-refractivity contribution in [2.24, 2.45) is 10.9 Å². The summed E-state index contributed by atoms with van der Waals surface area (Å²) < 4.78 is 11.0. The molecule has 2 rings (SSSR count). The van der Waals surface area contributed by atoms with Crippen LogP contribution in [0, 0.1) is 5.92 Å². The second kappa shape index (κ2) is 11.6. The lowest BCUT2D eigenvalue weighted by Gasteiger charge is -2.26. The average Bonchev–Trinajstić information content (AvgIpc) is 3.41. The molecule has 2 fully saturated rings. The first-order valence-corrected chi connectivity index (χ1v) is 9.21. The lowest BCUT2D eigenvalue weighted by Crippen LogP contribution is -2.39. The zero-order valence-electron chi connectivity index (χ0n) is 14.7. The number of nitrogens with zero attached hydrogens (tertiary/aromatic N) is 2. The number of unbranched alkanes of at least 4 members (excludes halogenated alkanes) is 1. The second-order valence-electron chi connectivity index (χ2n) is 6.46. The standard InChI is InChI=1S/C17H34N4O2/c1-18-17(20-8-4-12-23-15-16-5-6-16)19-7-2-3-9-21-10-13-22-14-11-21/h16H,2-15H2,1H3,(H2,18,19,20). The van der Waals surface area contributed by atoms with Crippen LogP contribution in [0.1, 0.15) is 32.1 Å². The lowest BCUT2D eigenvalue weighted by atomic mass is 10.3. The maximum Gasteiger partial charge on any atom is 0.190 e. The smallest absolute Gasteiger partial charge is 0.190 e. The molecule has 0 radical (unpaired) electrons. The zero-order chi connectivity index (χ0) is 16.2. The van der Waals surface area contributed by atoms with Gasteiger partial charge in [-0.2, -0.15) is 0 Å². The van der Waals surface area contributed by atoms with E-state index in [1.807, 2.05) is 7.05 Å². The highest BCUT2D eigenvalue weighted by molar-refractivity contribution is 5.79. The van der Waals surface area contributed by atoms with Gasteiger partial charge < -0.3 is 20.1 Å². The SMILES string of the molecule is CN=C(NCCCCN1CCOCC1)NCCCOCC1CC1. The number of hydrogen-bond donors (Lipinski definition) is 2. The van der Waals surface area contributed by atoms with Gasteiger partial charge in [0.15, 0.2) is 5.96 Å². The first-order chi connectivity index (χ1) is 11.4. The molecule has 23 heavy (non-hydrogen) atoms. The third kappa shape index (κ3) is 9.13. The molecule has 0 amide bonds. The zero-order valence-corrected chi connectivity index (χ0v) is 14.7. The van der Waals surface area contributed by atoms with Gasteiger partial charge in [-0.3, -0.25) is 9.89 Å². The molecule has 0 bridgehead atoms. The first kappa shape index (κ1) is 18.5. The van der Waals surface area contributed by atoms with Crippen molar-refractivity contribution in [1.82, 2.24) is 15.5 Å². The maximum absolute atomic E-state index is 5.63. The number of aliphatic imine (C=N–C) groups is 1. The highest BCUT2D eigenvalue weighted by Gasteiger charge is 2.20. The second-order valence-corrected chi connectivity index (χ2v) is 6.46. The van der Waals surface area contributed by atoms with E-state index < -0.39 is 0 Å². The predicted octanol–water partition coefficient (Wildman–Crippen LogP) is 1.08. The van der Waals surface area contributed by atoms with E-state index in [9.17, 15) is 0 Å². The minimum Gasteiger partial charge on any atom is -0.381 e. The van der Waals surface area contributed by atoms with Crippen molar-refractivity contribution in [2.75, 3.05) is 66.2 Å². The molecule has 0 atom stereocenters. The Morgan fingerprint density at radius 2 is 1.87 bits per heavy atom. The van der Waals surface area contributed by atoms with Crippen LogP contribution in [0.5, 0.6) is 0 Å². The van der Waals surface area contributed by atoms with Crippen molar-refractivity contribution in [2.45, 2.75) is 32.1 Å². The number of hydrogen-bond acceptors (Lipinski definition) is 4. The molecule has 0 spiro atoms. The molecule has 0 unspecified atom stereocenters. The van der Waals surface area contributed by atoms with Crippen LogP contribution < -0.4 is 10.6 Å². The number of nitrogens with one attached hydrogen (secondary N) is 2. The Kier molecular flexibility index (Phi) is 9.36. The van der Waals surface area contributed by atoms with E-state index in [1.54, 1.807) is 0 Å². The third-order valence-corrected chi connectivity index (χ3v) is 4.33. The van der Waals surface area contributed by atoms with Crippen molar-refractivity contribution in [3.63, 3.8) is 0 Å². The summed E-state index contributed by atoms with van der Waals surface area (Å²) in [6.07, 6.45) is 6.15. The minimum absolute atomic E-state index is 0.847. The van der Waals surface area contributed by atoms with Gasteiger partial charge in [0, 0.05) is 46.4 Å². The summed E-state index contributed by atoms with van der Waals surface area (Å²) in [6.45, 7) is 8.81. The van der Waals surface area contributed by atoms with Crippen LogP contribution in [0.15, 0.2) is 4.99 Å². The minimum atomic E-state index is 0.847. The first-order valence-electron chi connectivity index (χ1n) is 9.21. The van der Waals surface area contributed by atoms with Crippen LogP contribution in [0.3, 0.4) is 0 Å². The number of guanidine groups is 1. The summed E-state index contributed by atoms with van der Waals surface area (Å²) in [5, 5.41) is 6.73. The van der Waals surface area contributed by atoms with Gasteiger partial charge in [0.25, 0.3) is 0 Å². The molecule has 0 aromatic heterocycles. The Morgan fingerprint density at radius 3 is 2.57 bits per heavy atom. The molecule has 134 valence electrons. The molecule has 6 nitrogen and oxygen atoms in total. The fourth-order valence-electron chi connectivity index (χ4n) is 2.63. The summed E-state index contributed by atoms with van der Waals surface area (Å²) in [4.78, 5) is 6.74. The summed E-state index contributed by atoms with van der Waals surface area (Å²) in [7, 11) is 1.83. The van der Waals surface area contributed by atoms with Gasteiger partial charge in [0.05, 0.1) is 13.2 Å². The monoisotopic (exact) mass is 326 g/mol. The normalized spacial score (nSPS) is 19.8. The van der Waals surface area contributed by atoms with Crippen molar-refractivity contribution >= 4 is 5.96 Å². The van der Waals surface area contributed by atoms with E-state index in [0.717, 1.165) is 70.9 Å². The Hall–Kier alpha value is -0.850. The fourth-order valence-corrected chi connectivity index (χ4v) is 2.63. The average molecular weight is 326 g/mol. The van der Waals surface area contributed by atoms with Gasteiger partial charge in [0.2, 0.25) is 0 Å². The summed E-state index contributed by atoms with van der Waals surface area (Å²) in [5.41, 5.74) is 0. The molecule has 0 aromatic carbocycles. The Labute approximate surface area is 141 Å². The van der Waals surface area contributed by atoms with Crippen LogP contribution in [0.2, 0.25) is 0 Å². The number of morpholine rings is 1. The lowest BCUT2D eigenvalue weighted by molar-refractivity contribution is 0.0372. The van der Waals surface area contributed by atoms with E-state index in [-0.39, 0.29) is 0 Å². The van der Waals surface area contributed by atoms with E-state index in [4.69, 9.17) is 9.47 Å². The molecule has 1 heterocycles. The molecule has 2 aliphatic rings. The van der Waals surface area contributed by atoms with Gasteiger partial charge in [-0.15, -0.1) is 0 Å². The summed E-state index contributed by atoms with van der Waals surface area (Å²) >= 11 is 0. The van der Waals surface area contributed by atoms with Crippen molar-refractivity contribution in [3.8, 4) is 0 Å². The molecule has 6 heteroatoms. The Morgan fingerprint density at radius 1 is 1.13 bits per heavy atom. The van der Waals surface area contributed by atoms with Gasteiger partial charge in [-0.25, -0.2) is 0 Å². The van der Waals surface area contributed by atoms with Crippen LogP contribution in [0.25, 0.3) is 0 Å². The molecule has 0 aromatic rings. The van der Waals surface area contributed by atoms with Crippen molar-refractivity contribution < 1.29 is 9.47 Å². The largest absolute Gasteiger partial charge is 0.381 e. The quantitative estimate of drug-likeness (QED) is 0.338. The third-order valence-electron chi connectivity index (χ3n) is 4.33. The highest BCUT2D eigenvalue weighted by atomic mass is 16.5. The molecule has 1 aliphatic heterocycles. The van der Waals surface area contributed by atoms with E-state index in [2.05, 4.69) is 20.5 Å². The van der Waals surface area contributed by atoms with Crippen LogP contribution >= 0.6 is 0 Å². The van der Waals surface area contributed by atoms with E-state index >= 15 is 0 Å². The molecular weight excluding hydrogens is 292 g/mol. The van der Waals surface area contributed by atoms with Gasteiger partial charge in [-0.05, 0) is 44.6 Å². The molecule has 2 N–H and O–H groups in total. The fraction of sp³-hybridized carbons (Fsp3) is 0.941. The van der Waals surface area contributed by atoms with Crippen molar-refractivity contribution in [1.29, 1.82) is 0 Å². The summed E-state index contributed by atoms with van der Waals surface area (Å²) in [5.74, 6) is 1.76. The Bertz CT molecular complexity index is 329. The number of ether oxygens (including phenoxy) is 2. The molecule has 1 aliphatic carbocycles. The van der Waals surface area contributed by atoms with E-state index in [1.165, 1.54) is 32.2 Å².